The second-order valence-corrected chi connectivity index (χ2v) is 2.24. The van der Waals surface area contributed by atoms with Gasteiger partial charge in [-0.05, 0) is 12.1 Å². The molecule has 4 nitrogen and oxygen atoms in total. The Hall–Kier alpha value is -1.84. The lowest BCUT2D eigenvalue weighted by Crippen LogP contribution is -2.01. The van der Waals surface area contributed by atoms with Crippen LogP contribution < -0.4 is 5.56 Å². The Balaban J connectivity index is 3.06. The quantitative estimate of drug-likeness (QED) is 0.557. The number of fused-ring (bicyclic) bond motifs is 1. The average Bonchev–Trinajstić information content (AvgIpc) is 2.29. The summed E-state index contributed by atoms with van der Waals surface area (Å²) in [4.78, 5) is 22.7. The van der Waals surface area contributed by atoms with Gasteiger partial charge in [0.25, 0.3) is 5.56 Å². The van der Waals surface area contributed by atoms with Gasteiger partial charge in [-0.15, -0.1) is 0 Å². The molecule has 0 spiro atoms. The van der Waals surface area contributed by atoms with Crippen molar-refractivity contribution in [2.45, 2.75) is 0 Å². The van der Waals surface area contributed by atoms with Crippen molar-refractivity contribution >= 4 is 11.0 Å². The molecule has 0 aliphatic carbocycles. The third-order valence-electron chi connectivity index (χ3n) is 1.47. The van der Waals surface area contributed by atoms with Crippen LogP contribution in [0.15, 0.2) is 35.5 Å². The van der Waals surface area contributed by atoms with Gasteiger partial charge in [-0.2, -0.15) is 0 Å². The molecule has 2 aromatic rings. The van der Waals surface area contributed by atoms with E-state index >= 15 is 0 Å². The molecule has 0 fully saturated rings. The van der Waals surface area contributed by atoms with Crippen molar-refractivity contribution in [3.63, 3.8) is 0 Å². The highest BCUT2D eigenvalue weighted by Gasteiger charge is 1.95. The summed E-state index contributed by atoms with van der Waals surface area (Å²) in [7, 11) is 0. The largest absolute Gasteiger partial charge is 0.280 e. The molecule has 2 heterocycles. The minimum absolute atomic E-state index is 0.296. The van der Waals surface area contributed by atoms with Crippen molar-refractivity contribution in [1.29, 1.82) is 0 Å². The maximum Gasteiger partial charge on any atom is 0.280 e. The smallest absolute Gasteiger partial charge is 0.267 e. The van der Waals surface area contributed by atoms with Crippen LogP contribution in [-0.2, 0) is 0 Å². The number of nitrogens with zero attached hydrogens (tertiary/aromatic N) is 3. The molecule has 4 heteroatoms. The van der Waals surface area contributed by atoms with Gasteiger partial charge < -0.3 is 0 Å². The van der Waals surface area contributed by atoms with E-state index in [9.17, 15) is 4.79 Å². The van der Waals surface area contributed by atoms with Gasteiger partial charge in [0.2, 0.25) is 0 Å². The first-order valence-electron chi connectivity index (χ1n) is 3.44. The summed E-state index contributed by atoms with van der Waals surface area (Å²) in [6.07, 6.45) is 4.41. The van der Waals surface area contributed by atoms with Crippen molar-refractivity contribution in [3.8, 4) is 0 Å². The fourth-order valence-electron chi connectivity index (χ4n) is 0.941. The summed E-state index contributed by atoms with van der Waals surface area (Å²) < 4.78 is 0. The van der Waals surface area contributed by atoms with Crippen LogP contribution in [0.1, 0.15) is 0 Å². The average molecular weight is 159 g/mol. The van der Waals surface area contributed by atoms with E-state index < -0.39 is 0 Å². The molecule has 0 aliphatic rings. The zero-order chi connectivity index (χ0) is 8.39. The van der Waals surface area contributed by atoms with Gasteiger partial charge in [0.1, 0.15) is 0 Å². The number of rotatable bonds is 0. The number of aromatic nitrogens is 3. The van der Waals surface area contributed by atoms with Crippen LogP contribution in [0.2, 0.25) is 0 Å². The van der Waals surface area contributed by atoms with Crippen LogP contribution in [0.4, 0.5) is 0 Å². The first-order valence-corrected chi connectivity index (χ1v) is 3.44. The molecular formula is C8H5N3O. The van der Waals surface area contributed by atoms with Gasteiger partial charge in [0.15, 0.2) is 5.65 Å². The minimum Gasteiger partial charge on any atom is -0.267 e. The third-order valence-corrected chi connectivity index (χ3v) is 1.47. The van der Waals surface area contributed by atoms with E-state index in [0.717, 1.165) is 0 Å². The van der Waals surface area contributed by atoms with Crippen molar-refractivity contribution < 1.29 is 0 Å². The van der Waals surface area contributed by atoms with Gasteiger partial charge in [-0.1, -0.05) is 0 Å². The fraction of sp³-hybridized carbons (Fsp3) is 0. The van der Waals surface area contributed by atoms with Crippen LogP contribution in [0.25, 0.3) is 11.0 Å². The highest BCUT2D eigenvalue weighted by Crippen LogP contribution is 1.97. The van der Waals surface area contributed by atoms with Crippen LogP contribution in [-0.4, -0.2) is 15.0 Å². The number of pyridine rings is 1. The monoisotopic (exact) mass is 159 g/mol. The van der Waals surface area contributed by atoms with E-state index in [1.807, 2.05) is 0 Å². The van der Waals surface area contributed by atoms with Crippen LogP contribution in [0.5, 0.6) is 0 Å². The van der Waals surface area contributed by atoms with E-state index in [2.05, 4.69) is 15.0 Å². The predicted octanol–water partition coefficient (Wildman–Crippen LogP) is 0.385. The second kappa shape index (κ2) is 2.65. The van der Waals surface area contributed by atoms with Gasteiger partial charge in [0, 0.05) is 18.6 Å². The Morgan fingerprint density at radius 3 is 2.67 bits per heavy atom. The lowest BCUT2D eigenvalue weighted by Gasteiger charge is -1.84. The van der Waals surface area contributed by atoms with Gasteiger partial charge in [0.05, 0.1) is 5.39 Å². The Morgan fingerprint density at radius 2 is 1.75 bits per heavy atom. The summed E-state index contributed by atoms with van der Waals surface area (Å²) in [6, 6.07) is 3.34. The van der Waals surface area contributed by atoms with Crippen LogP contribution in [0, 0.1) is 0 Å². The second-order valence-electron chi connectivity index (χ2n) is 2.24. The Kier molecular flexibility index (Phi) is 1.51. The normalized spacial score (nSPS) is 10.0. The molecular weight excluding hydrogens is 154 g/mol. The molecule has 0 saturated carbocycles. The Bertz CT molecular complexity index is 469. The van der Waals surface area contributed by atoms with Crippen molar-refractivity contribution in [3.05, 3.63) is 41.1 Å². The van der Waals surface area contributed by atoms with E-state index in [4.69, 9.17) is 0 Å². The zero-order valence-corrected chi connectivity index (χ0v) is 6.14. The molecule has 0 saturated heterocycles. The number of hydrogen-bond acceptors (Lipinski definition) is 4. The fourth-order valence-corrected chi connectivity index (χ4v) is 0.941. The SMILES string of the molecule is O=c1nccnc2ncccc12. The first kappa shape index (κ1) is 6.84. The van der Waals surface area contributed by atoms with Crippen molar-refractivity contribution in [2.24, 2.45) is 0 Å². The summed E-state index contributed by atoms with van der Waals surface area (Å²) >= 11 is 0. The van der Waals surface area contributed by atoms with Crippen molar-refractivity contribution in [2.75, 3.05) is 0 Å². The molecule has 0 aliphatic heterocycles. The molecule has 0 atom stereocenters. The Morgan fingerprint density at radius 1 is 1.00 bits per heavy atom. The number of hydrogen-bond donors (Lipinski definition) is 0. The molecule has 0 amide bonds. The molecule has 0 radical (unpaired) electrons. The highest BCUT2D eigenvalue weighted by molar-refractivity contribution is 5.71. The summed E-state index contributed by atoms with van der Waals surface area (Å²) in [5, 5.41) is 0.447. The van der Waals surface area contributed by atoms with E-state index in [-0.39, 0.29) is 5.56 Å². The summed E-state index contributed by atoms with van der Waals surface area (Å²) in [5.74, 6) is 0. The molecule has 58 valence electrons. The molecule has 0 unspecified atom stereocenters. The molecule has 2 rings (SSSR count). The minimum atomic E-state index is -0.296. The maximum atomic E-state index is 11.2. The zero-order valence-electron chi connectivity index (χ0n) is 6.14. The first-order chi connectivity index (χ1) is 5.88. The van der Waals surface area contributed by atoms with E-state index in [1.165, 1.54) is 12.4 Å². The predicted molar refractivity (Wildman–Crippen MR) is 43.6 cm³/mol. The molecule has 0 bridgehead atoms. The van der Waals surface area contributed by atoms with Gasteiger partial charge in [-0.25, -0.2) is 15.0 Å². The molecule has 12 heavy (non-hydrogen) atoms. The van der Waals surface area contributed by atoms with E-state index in [1.54, 1.807) is 18.3 Å². The topological polar surface area (TPSA) is 55.7 Å². The standard InChI is InChI=1S/C8H5N3O/c12-8-6-2-1-3-9-7(6)10-4-5-11-8/h1-5H. The van der Waals surface area contributed by atoms with E-state index in [0.29, 0.717) is 11.0 Å². The lowest BCUT2D eigenvalue weighted by molar-refractivity contribution is 1.27. The summed E-state index contributed by atoms with van der Waals surface area (Å²) in [5.41, 5.74) is 0.135. The molecule has 2 aromatic heterocycles. The third kappa shape index (κ3) is 1.03. The highest BCUT2D eigenvalue weighted by atomic mass is 16.1. The molecule has 0 aromatic carbocycles. The maximum absolute atomic E-state index is 11.2. The Labute approximate surface area is 67.9 Å². The van der Waals surface area contributed by atoms with Gasteiger partial charge in [-0.3, -0.25) is 4.79 Å². The summed E-state index contributed by atoms with van der Waals surface area (Å²) in [6.45, 7) is 0. The van der Waals surface area contributed by atoms with Gasteiger partial charge >= 0.3 is 0 Å². The van der Waals surface area contributed by atoms with Crippen LogP contribution in [0.3, 0.4) is 0 Å². The van der Waals surface area contributed by atoms with Crippen molar-refractivity contribution in [1.82, 2.24) is 15.0 Å². The van der Waals surface area contributed by atoms with Crippen LogP contribution >= 0.6 is 0 Å². The molecule has 0 N–H and O–H groups in total. The lowest BCUT2D eigenvalue weighted by atomic mass is 10.3.